The molecule has 0 N–H and O–H groups in total. The SMILES string of the molecule is FC1CC2=CCC1C2. The van der Waals surface area contributed by atoms with E-state index in [1.54, 1.807) is 0 Å². The van der Waals surface area contributed by atoms with Crippen LogP contribution in [0.1, 0.15) is 19.3 Å². The third kappa shape index (κ3) is 0.445. The molecule has 0 aromatic rings. The average Bonchev–Trinajstić information content (AvgIpc) is 2.23. The Kier molecular flexibility index (Phi) is 0.758. The first-order chi connectivity index (χ1) is 3.86. The third-order valence-corrected chi connectivity index (χ3v) is 2.20. The summed E-state index contributed by atoms with van der Waals surface area (Å²) in [6, 6.07) is 0. The molecule has 0 aromatic heterocycles. The van der Waals surface area contributed by atoms with E-state index >= 15 is 0 Å². The first kappa shape index (κ1) is 4.54. The molecule has 0 aromatic carbocycles. The summed E-state index contributed by atoms with van der Waals surface area (Å²) in [5, 5.41) is 0. The molecule has 0 nitrogen and oxygen atoms in total. The van der Waals surface area contributed by atoms with Gasteiger partial charge < -0.3 is 0 Å². The minimum absolute atomic E-state index is 0.380. The van der Waals surface area contributed by atoms with Crippen LogP contribution >= 0.6 is 0 Å². The predicted molar refractivity (Wildman–Crippen MR) is 30.3 cm³/mol. The summed E-state index contributed by atoms with van der Waals surface area (Å²) in [4.78, 5) is 0. The zero-order chi connectivity index (χ0) is 5.56. The van der Waals surface area contributed by atoms with Crippen molar-refractivity contribution >= 4 is 0 Å². The van der Waals surface area contributed by atoms with Crippen LogP contribution in [-0.4, -0.2) is 6.17 Å². The van der Waals surface area contributed by atoms with Gasteiger partial charge in [-0.3, -0.25) is 0 Å². The van der Waals surface area contributed by atoms with Crippen LogP contribution < -0.4 is 0 Å². The van der Waals surface area contributed by atoms with E-state index in [0.717, 1.165) is 19.3 Å². The Hall–Kier alpha value is -0.330. The number of hydrogen-bond acceptors (Lipinski definition) is 0. The standard InChI is InChI=1S/C7H9F/c8-7-4-5-1-2-6(7)3-5/h1,6-7H,2-4H2. The van der Waals surface area contributed by atoms with Gasteiger partial charge in [-0.25, -0.2) is 4.39 Å². The third-order valence-electron chi connectivity index (χ3n) is 2.20. The minimum Gasteiger partial charge on any atom is -0.247 e. The first-order valence-corrected chi connectivity index (χ1v) is 3.18. The lowest BCUT2D eigenvalue weighted by molar-refractivity contribution is 0.263. The molecule has 0 saturated heterocycles. The molecule has 0 aliphatic heterocycles. The largest absolute Gasteiger partial charge is 0.247 e. The quantitative estimate of drug-likeness (QED) is 0.421. The monoisotopic (exact) mass is 112 g/mol. The molecule has 8 heavy (non-hydrogen) atoms. The molecule has 0 spiro atoms. The molecule has 2 aliphatic rings. The Balaban J connectivity index is 2.25. The molecule has 2 aliphatic carbocycles. The molecule has 2 unspecified atom stereocenters. The number of allylic oxidation sites excluding steroid dienone is 2. The topological polar surface area (TPSA) is 0 Å². The lowest BCUT2D eigenvalue weighted by atomic mass is 10.0. The average molecular weight is 112 g/mol. The highest BCUT2D eigenvalue weighted by Crippen LogP contribution is 2.41. The second-order valence-electron chi connectivity index (χ2n) is 2.78. The van der Waals surface area contributed by atoms with E-state index < -0.39 is 6.17 Å². The maximum Gasteiger partial charge on any atom is 0.107 e. The van der Waals surface area contributed by atoms with Crippen molar-refractivity contribution in [2.24, 2.45) is 5.92 Å². The predicted octanol–water partition coefficient (Wildman–Crippen LogP) is 2.06. The number of fused-ring (bicyclic) bond motifs is 2. The lowest BCUT2D eigenvalue weighted by Crippen LogP contribution is -2.06. The van der Waals surface area contributed by atoms with Gasteiger partial charge in [0.1, 0.15) is 6.17 Å². The van der Waals surface area contributed by atoms with Crippen molar-refractivity contribution in [1.29, 1.82) is 0 Å². The Bertz CT molecular complexity index is 137. The summed E-state index contributed by atoms with van der Waals surface area (Å²) in [7, 11) is 0. The van der Waals surface area contributed by atoms with E-state index in [0.29, 0.717) is 5.92 Å². The highest BCUT2D eigenvalue weighted by atomic mass is 19.1. The van der Waals surface area contributed by atoms with Crippen molar-refractivity contribution in [3.05, 3.63) is 11.6 Å². The first-order valence-electron chi connectivity index (χ1n) is 3.18. The highest BCUT2D eigenvalue weighted by Gasteiger charge is 2.33. The van der Waals surface area contributed by atoms with Crippen molar-refractivity contribution in [3.8, 4) is 0 Å². The Morgan fingerprint density at radius 3 is 2.62 bits per heavy atom. The van der Waals surface area contributed by atoms with Gasteiger partial charge in [0.15, 0.2) is 0 Å². The smallest absolute Gasteiger partial charge is 0.107 e. The molecule has 44 valence electrons. The summed E-state index contributed by atoms with van der Waals surface area (Å²) >= 11 is 0. The molecule has 2 atom stereocenters. The Morgan fingerprint density at radius 1 is 1.50 bits per heavy atom. The van der Waals surface area contributed by atoms with Crippen LogP contribution in [0.3, 0.4) is 0 Å². The number of halogens is 1. The maximum atomic E-state index is 12.6. The van der Waals surface area contributed by atoms with Crippen LogP contribution in [0.4, 0.5) is 4.39 Å². The van der Waals surface area contributed by atoms with Gasteiger partial charge in [0.05, 0.1) is 0 Å². The zero-order valence-corrected chi connectivity index (χ0v) is 4.73. The lowest BCUT2D eigenvalue weighted by Gasteiger charge is -2.07. The molecule has 0 heterocycles. The van der Waals surface area contributed by atoms with Crippen LogP contribution in [-0.2, 0) is 0 Å². The van der Waals surface area contributed by atoms with E-state index in [1.165, 1.54) is 5.57 Å². The van der Waals surface area contributed by atoms with Gasteiger partial charge in [-0.2, -0.15) is 0 Å². The summed E-state index contributed by atoms with van der Waals surface area (Å²) in [6.07, 6.45) is 4.51. The van der Waals surface area contributed by atoms with Gasteiger partial charge in [0.25, 0.3) is 0 Å². The van der Waals surface area contributed by atoms with Crippen molar-refractivity contribution in [2.45, 2.75) is 25.4 Å². The van der Waals surface area contributed by atoms with E-state index in [1.807, 2.05) is 0 Å². The molecule has 1 fully saturated rings. The van der Waals surface area contributed by atoms with Crippen LogP contribution in [0.5, 0.6) is 0 Å². The van der Waals surface area contributed by atoms with Gasteiger partial charge in [0, 0.05) is 0 Å². The summed E-state index contributed by atoms with van der Waals surface area (Å²) in [6.45, 7) is 0. The van der Waals surface area contributed by atoms with Crippen molar-refractivity contribution < 1.29 is 4.39 Å². The van der Waals surface area contributed by atoms with Gasteiger partial charge in [-0.15, -0.1) is 0 Å². The molecule has 0 radical (unpaired) electrons. The van der Waals surface area contributed by atoms with E-state index in [-0.39, 0.29) is 0 Å². The van der Waals surface area contributed by atoms with E-state index in [2.05, 4.69) is 6.08 Å². The van der Waals surface area contributed by atoms with E-state index in [9.17, 15) is 4.39 Å². The zero-order valence-electron chi connectivity index (χ0n) is 4.73. The second kappa shape index (κ2) is 1.34. The molecular formula is C7H9F. The molecular weight excluding hydrogens is 103 g/mol. The van der Waals surface area contributed by atoms with E-state index in [4.69, 9.17) is 0 Å². The molecule has 2 rings (SSSR count). The fourth-order valence-corrected chi connectivity index (χ4v) is 1.68. The number of hydrogen-bond donors (Lipinski definition) is 0. The van der Waals surface area contributed by atoms with Crippen LogP contribution in [0.2, 0.25) is 0 Å². The molecule has 1 saturated carbocycles. The van der Waals surface area contributed by atoms with Gasteiger partial charge in [-0.1, -0.05) is 11.6 Å². The summed E-state index contributed by atoms with van der Waals surface area (Å²) in [5.41, 5.74) is 1.36. The fraction of sp³-hybridized carbons (Fsp3) is 0.714. The maximum absolute atomic E-state index is 12.6. The van der Waals surface area contributed by atoms with Crippen molar-refractivity contribution in [1.82, 2.24) is 0 Å². The van der Waals surface area contributed by atoms with Gasteiger partial charge >= 0.3 is 0 Å². The minimum atomic E-state index is -0.491. The number of alkyl halides is 1. The van der Waals surface area contributed by atoms with Crippen molar-refractivity contribution in [3.63, 3.8) is 0 Å². The second-order valence-corrected chi connectivity index (χ2v) is 2.78. The summed E-state index contributed by atoms with van der Waals surface area (Å²) in [5.74, 6) is 0.380. The fourth-order valence-electron chi connectivity index (χ4n) is 1.68. The normalized spacial score (nSPS) is 42.9. The summed E-state index contributed by atoms with van der Waals surface area (Å²) < 4.78 is 12.6. The van der Waals surface area contributed by atoms with Gasteiger partial charge in [-0.05, 0) is 25.2 Å². The van der Waals surface area contributed by atoms with Crippen LogP contribution in [0.15, 0.2) is 11.6 Å². The highest BCUT2D eigenvalue weighted by molar-refractivity contribution is 5.18. The van der Waals surface area contributed by atoms with Gasteiger partial charge in [0.2, 0.25) is 0 Å². The Labute approximate surface area is 48.4 Å². The van der Waals surface area contributed by atoms with Crippen LogP contribution in [0.25, 0.3) is 0 Å². The molecule has 0 amide bonds. The van der Waals surface area contributed by atoms with Crippen LogP contribution in [0, 0.1) is 5.92 Å². The molecule has 1 heteroatoms. The Morgan fingerprint density at radius 2 is 2.38 bits per heavy atom. The van der Waals surface area contributed by atoms with Crippen molar-refractivity contribution in [2.75, 3.05) is 0 Å². The molecule has 2 bridgehead atoms. The number of rotatable bonds is 0.